The number of anilines is 1. The molecule has 9 heteroatoms. The molecule has 0 saturated carbocycles. The Hall–Kier alpha value is -1.97. The highest BCUT2D eigenvalue weighted by molar-refractivity contribution is 5.83. The van der Waals surface area contributed by atoms with E-state index in [0.717, 1.165) is 0 Å². The molecule has 0 spiro atoms. The normalized spacial score (nSPS) is 31.6. The summed E-state index contributed by atoms with van der Waals surface area (Å²) >= 11 is 0. The minimum absolute atomic E-state index is 0.317. The van der Waals surface area contributed by atoms with Crippen LogP contribution in [0.15, 0.2) is 11.1 Å². The predicted molar refractivity (Wildman–Crippen MR) is 67.3 cm³/mol. The van der Waals surface area contributed by atoms with Gasteiger partial charge in [-0.25, -0.2) is 14.3 Å². The van der Waals surface area contributed by atoms with Crippen LogP contribution >= 0.6 is 0 Å². The van der Waals surface area contributed by atoms with E-state index in [4.69, 9.17) is 4.74 Å². The number of nitrogens with one attached hydrogen (secondary N) is 1. The summed E-state index contributed by atoms with van der Waals surface area (Å²) < 4.78 is 8.58. The first-order valence-electron chi connectivity index (χ1n) is 6.28. The second-order valence-corrected chi connectivity index (χ2v) is 4.98. The number of aromatic nitrogens is 4. The highest BCUT2D eigenvalue weighted by Crippen LogP contribution is 2.35. The topological polar surface area (TPSA) is 114 Å². The van der Waals surface area contributed by atoms with Gasteiger partial charge in [0.15, 0.2) is 17.7 Å². The maximum absolute atomic E-state index is 12.2. The van der Waals surface area contributed by atoms with Gasteiger partial charge in [0.2, 0.25) is 0 Å². The fraction of sp³-hybridized carbons (Fsp3) is 0.545. The SMILES string of the molecule is CNc1nc(=O)n2c3c1ncn3C[C@H]1O[C@@H]2[C@H](O)[C@@H]1O. The van der Waals surface area contributed by atoms with Crippen molar-refractivity contribution >= 4 is 17.0 Å². The molecular weight excluding hydrogens is 266 g/mol. The predicted octanol–water partition coefficient (Wildman–Crippen LogP) is -1.73. The minimum Gasteiger partial charge on any atom is -0.387 e. The highest BCUT2D eigenvalue weighted by atomic mass is 16.6. The number of fused-ring (bicyclic) bond motifs is 3. The average molecular weight is 279 g/mol. The van der Waals surface area contributed by atoms with Crippen molar-refractivity contribution in [2.24, 2.45) is 0 Å². The Balaban J connectivity index is 2.08. The Morgan fingerprint density at radius 1 is 1.45 bits per heavy atom. The molecule has 1 fully saturated rings. The smallest absolute Gasteiger partial charge is 0.353 e. The van der Waals surface area contributed by atoms with E-state index in [2.05, 4.69) is 15.3 Å². The number of hydrogen-bond acceptors (Lipinski definition) is 7. The first-order chi connectivity index (χ1) is 9.61. The van der Waals surface area contributed by atoms with Crippen LogP contribution in [0.25, 0.3) is 11.2 Å². The van der Waals surface area contributed by atoms with Gasteiger partial charge in [-0.05, 0) is 0 Å². The van der Waals surface area contributed by atoms with Crippen molar-refractivity contribution in [1.29, 1.82) is 0 Å². The van der Waals surface area contributed by atoms with E-state index in [1.165, 1.54) is 4.57 Å². The fourth-order valence-corrected chi connectivity index (χ4v) is 2.91. The Bertz CT molecular complexity index is 753. The summed E-state index contributed by atoms with van der Waals surface area (Å²) in [4.78, 5) is 20.4. The monoisotopic (exact) mass is 279 g/mol. The zero-order valence-corrected chi connectivity index (χ0v) is 10.6. The van der Waals surface area contributed by atoms with Crippen LogP contribution in [0.3, 0.4) is 0 Å². The first-order valence-corrected chi connectivity index (χ1v) is 6.28. The fourth-order valence-electron chi connectivity index (χ4n) is 2.91. The van der Waals surface area contributed by atoms with E-state index in [0.29, 0.717) is 23.5 Å². The lowest BCUT2D eigenvalue weighted by molar-refractivity contribution is -0.0352. The Morgan fingerprint density at radius 2 is 2.25 bits per heavy atom. The van der Waals surface area contributed by atoms with Gasteiger partial charge in [-0.15, -0.1) is 0 Å². The van der Waals surface area contributed by atoms with Gasteiger partial charge in [-0.3, -0.25) is 0 Å². The van der Waals surface area contributed by atoms with Crippen LogP contribution < -0.4 is 11.0 Å². The van der Waals surface area contributed by atoms with Crippen molar-refractivity contribution in [2.45, 2.75) is 31.1 Å². The largest absolute Gasteiger partial charge is 0.387 e. The van der Waals surface area contributed by atoms with E-state index in [1.54, 1.807) is 17.9 Å². The molecule has 2 aromatic heterocycles. The van der Waals surface area contributed by atoms with Crippen molar-refractivity contribution in [3.05, 3.63) is 16.8 Å². The molecule has 0 radical (unpaired) electrons. The molecule has 4 rings (SSSR count). The lowest BCUT2D eigenvalue weighted by Crippen LogP contribution is -2.39. The number of ether oxygens (including phenoxy) is 1. The van der Waals surface area contributed by atoms with Crippen LogP contribution in [-0.4, -0.2) is 54.7 Å². The number of aliphatic hydroxyl groups excluding tert-OH is 2. The van der Waals surface area contributed by atoms with E-state index in [9.17, 15) is 15.0 Å². The van der Waals surface area contributed by atoms with Gasteiger partial charge in [0.1, 0.15) is 23.8 Å². The van der Waals surface area contributed by atoms with Crippen molar-refractivity contribution in [3.63, 3.8) is 0 Å². The number of rotatable bonds is 1. The summed E-state index contributed by atoms with van der Waals surface area (Å²) in [5.74, 6) is 0.382. The third-order valence-electron chi connectivity index (χ3n) is 3.88. The van der Waals surface area contributed by atoms with Crippen molar-refractivity contribution < 1.29 is 14.9 Å². The third-order valence-corrected chi connectivity index (χ3v) is 3.88. The van der Waals surface area contributed by atoms with Crippen LogP contribution in [0.5, 0.6) is 0 Å². The van der Waals surface area contributed by atoms with Crippen LogP contribution in [0.2, 0.25) is 0 Å². The number of hydrogen-bond donors (Lipinski definition) is 3. The van der Waals surface area contributed by atoms with Gasteiger partial charge >= 0.3 is 5.69 Å². The first kappa shape index (κ1) is 11.8. The van der Waals surface area contributed by atoms with Gasteiger partial charge in [-0.2, -0.15) is 4.98 Å². The minimum atomic E-state index is -1.16. The molecule has 2 aromatic rings. The molecule has 4 heterocycles. The van der Waals surface area contributed by atoms with Crippen LogP contribution in [-0.2, 0) is 11.3 Å². The number of aliphatic hydroxyl groups is 2. The quantitative estimate of drug-likeness (QED) is 0.568. The highest BCUT2D eigenvalue weighted by Gasteiger charge is 2.47. The van der Waals surface area contributed by atoms with E-state index >= 15 is 0 Å². The second kappa shape index (κ2) is 3.78. The number of nitrogens with zero attached hydrogens (tertiary/aromatic N) is 4. The molecule has 4 atom stereocenters. The Morgan fingerprint density at radius 3 is 3.00 bits per heavy atom. The molecule has 0 aromatic carbocycles. The zero-order chi connectivity index (χ0) is 14.0. The summed E-state index contributed by atoms with van der Waals surface area (Å²) in [5, 5.41) is 22.8. The van der Waals surface area contributed by atoms with Gasteiger partial charge in [-0.1, -0.05) is 0 Å². The molecule has 106 valence electrons. The van der Waals surface area contributed by atoms with Crippen LogP contribution in [0, 0.1) is 0 Å². The van der Waals surface area contributed by atoms with E-state index in [-0.39, 0.29) is 0 Å². The van der Waals surface area contributed by atoms with Crippen molar-refractivity contribution in [3.8, 4) is 0 Å². The van der Waals surface area contributed by atoms with E-state index < -0.39 is 30.2 Å². The van der Waals surface area contributed by atoms with Gasteiger partial charge in [0.05, 0.1) is 12.9 Å². The van der Waals surface area contributed by atoms with E-state index in [1.807, 2.05) is 0 Å². The van der Waals surface area contributed by atoms with Crippen molar-refractivity contribution in [1.82, 2.24) is 19.1 Å². The molecule has 0 amide bonds. The summed E-state index contributed by atoms with van der Waals surface area (Å²) in [7, 11) is 1.66. The summed E-state index contributed by atoms with van der Waals surface area (Å²) in [6.07, 6.45) is -2.15. The summed E-state index contributed by atoms with van der Waals surface area (Å²) in [6.45, 7) is 0.317. The van der Waals surface area contributed by atoms with Gasteiger partial charge < -0.3 is 24.8 Å². The third kappa shape index (κ3) is 1.29. The van der Waals surface area contributed by atoms with Gasteiger partial charge in [0.25, 0.3) is 0 Å². The van der Waals surface area contributed by atoms with Crippen LogP contribution in [0.1, 0.15) is 6.23 Å². The maximum atomic E-state index is 12.2. The summed E-state index contributed by atoms with van der Waals surface area (Å²) in [5.41, 5.74) is 0.514. The maximum Gasteiger partial charge on any atom is 0.353 e. The van der Waals surface area contributed by atoms with Crippen LogP contribution in [0.4, 0.5) is 5.82 Å². The van der Waals surface area contributed by atoms with Crippen molar-refractivity contribution in [2.75, 3.05) is 12.4 Å². The lowest BCUT2D eigenvalue weighted by Gasteiger charge is -2.20. The summed E-state index contributed by atoms with van der Waals surface area (Å²) in [6, 6.07) is 0. The molecule has 2 aliphatic rings. The molecule has 2 aliphatic heterocycles. The molecule has 20 heavy (non-hydrogen) atoms. The van der Waals surface area contributed by atoms with Gasteiger partial charge in [0, 0.05) is 7.05 Å². The molecule has 3 N–H and O–H groups in total. The second-order valence-electron chi connectivity index (χ2n) is 4.98. The molecular formula is C11H13N5O4. The lowest BCUT2D eigenvalue weighted by atomic mass is 10.1. The molecule has 0 unspecified atom stereocenters. The Labute approximate surface area is 112 Å². The molecule has 9 nitrogen and oxygen atoms in total. The zero-order valence-electron chi connectivity index (χ0n) is 10.6. The molecule has 1 saturated heterocycles. The standard InChI is InChI=1S/C11H13N5O4/c1-12-8-5-9-15(3-13-5)2-4-6(17)7(18)10(20-4)16(9)11(19)14-8/h3-4,6-7,10,17-18H,2H2,1H3,(H,12,14,19)/t4-,6-,7-,10-/m1/s1. The number of imidazole rings is 1. The molecule has 2 bridgehead atoms. The Kier molecular flexibility index (Phi) is 2.23. The molecule has 0 aliphatic carbocycles. The average Bonchev–Trinajstić information content (AvgIpc) is 2.89.